The Hall–Kier alpha value is -6.25. The van der Waals surface area contributed by atoms with Gasteiger partial charge in [0.15, 0.2) is 0 Å². The van der Waals surface area contributed by atoms with Gasteiger partial charge in [0.25, 0.3) is 0 Å². The third-order valence-electron chi connectivity index (χ3n) is 9.95. The zero-order valence-corrected chi connectivity index (χ0v) is 26.5. The second-order valence-corrected chi connectivity index (χ2v) is 12.9. The van der Waals surface area contributed by atoms with E-state index in [1.807, 2.05) is 0 Å². The zero-order valence-electron chi connectivity index (χ0n) is 26.5. The van der Waals surface area contributed by atoms with E-state index in [4.69, 9.17) is 4.98 Å². The molecular weight excluding hydrogens is 581 g/mol. The summed E-state index contributed by atoms with van der Waals surface area (Å²) < 4.78 is 2.26. The van der Waals surface area contributed by atoms with Crippen LogP contribution < -0.4 is 0 Å². The molecule has 2 heteroatoms. The van der Waals surface area contributed by atoms with Crippen molar-refractivity contribution in [2.75, 3.05) is 0 Å². The summed E-state index contributed by atoms with van der Waals surface area (Å²) in [5.41, 5.74) is 10.5. The van der Waals surface area contributed by atoms with Crippen molar-refractivity contribution in [3.05, 3.63) is 169 Å². The first-order chi connectivity index (χ1) is 23.7. The van der Waals surface area contributed by atoms with Gasteiger partial charge in [-0.15, -0.1) is 0 Å². The molecule has 10 rings (SSSR count). The molecule has 0 spiro atoms. The third-order valence-corrected chi connectivity index (χ3v) is 9.95. The van der Waals surface area contributed by atoms with E-state index in [-0.39, 0.29) is 0 Å². The predicted molar refractivity (Wildman–Crippen MR) is 203 cm³/mol. The fourth-order valence-corrected chi connectivity index (χ4v) is 7.76. The van der Waals surface area contributed by atoms with Crippen molar-refractivity contribution in [3.63, 3.8) is 0 Å². The van der Waals surface area contributed by atoms with Crippen molar-refractivity contribution in [1.82, 2.24) is 9.55 Å². The number of hydrogen-bond donors (Lipinski definition) is 0. The van der Waals surface area contributed by atoms with Crippen LogP contribution in [-0.4, -0.2) is 9.55 Å². The number of aromatic nitrogens is 2. The summed E-state index contributed by atoms with van der Waals surface area (Å²) in [6.07, 6.45) is 0. The van der Waals surface area contributed by atoms with E-state index in [1.165, 1.54) is 70.9 Å². The molecule has 10 aromatic rings. The van der Waals surface area contributed by atoms with Crippen molar-refractivity contribution >= 4 is 54.1 Å². The highest BCUT2D eigenvalue weighted by Crippen LogP contribution is 2.45. The van der Waals surface area contributed by atoms with Crippen LogP contribution in [0.3, 0.4) is 0 Å². The first kappa shape index (κ1) is 26.9. The highest BCUT2D eigenvalue weighted by Gasteiger charge is 2.19. The summed E-state index contributed by atoms with van der Waals surface area (Å²) in [5.74, 6) is 0.941. The molecule has 0 bridgehead atoms. The molecule has 0 aliphatic heterocycles. The number of aryl methyl sites for hydroxylation is 1. The number of fused-ring (bicyclic) bond motifs is 2. The fourth-order valence-electron chi connectivity index (χ4n) is 7.76. The Labute approximate surface area is 278 Å². The van der Waals surface area contributed by atoms with E-state index in [1.54, 1.807) is 0 Å². The minimum Gasteiger partial charge on any atom is -0.292 e. The van der Waals surface area contributed by atoms with Crippen molar-refractivity contribution in [2.45, 2.75) is 6.92 Å². The fraction of sp³-hybridized carbons (Fsp3) is 0.0217. The highest BCUT2D eigenvalue weighted by atomic mass is 15.1. The van der Waals surface area contributed by atoms with Gasteiger partial charge in [-0.1, -0.05) is 127 Å². The summed E-state index contributed by atoms with van der Waals surface area (Å²) in [7, 11) is 0. The van der Waals surface area contributed by atoms with Crippen LogP contribution in [0.5, 0.6) is 0 Å². The molecule has 1 aromatic heterocycles. The minimum absolute atomic E-state index is 0.941. The summed E-state index contributed by atoms with van der Waals surface area (Å²) in [6, 6.07) is 59.7. The second-order valence-electron chi connectivity index (χ2n) is 12.9. The van der Waals surface area contributed by atoms with Crippen LogP contribution in [-0.2, 0) is 0 Å². The van der Waals surface area contributed by atoms with Gasteiger partial charge in [-0.05, 0) is 114 Å². The van der Waals surface area contributed by atoms with Crippen LogP contribution in [0.2, 0.25) is 0 Å². The zero-order chi connectivity index (χ0) is 31.8. The van der Waals surface area contributed by atoms with E-state index >= 15 is 0 Å². The minimum atomic E-state index is 0.941. The monoisotopic (exact) mass is 610 g/mol. The van der Waals surface area contributed by atoms with E-state index < -0.39 is 0 Å². The lowest BCUT2D eigenvalue weighted by Crippen LogP contribution is -1.97. The van der Waals surface area contributed by atoms with Crippen LogP contribution >= 0.6 is 0 Å². The maximum absolute atomic E-state index is 5.12. The molecule has 0 aliphatic carbocycles. The van der Waals surface area contributed by atoms with E-state index in [0.29, 0.717) is 0 Å². The third kappa shape index (κ3) is 4.09. The Balaban J connectivity index is 1.21. The Morgan fingerprint density at radius 1 is 0.438 bits per heavy atom. The predicted octanol–water partition coefficient (Wildman–Crippen LogP) is 12.4. The van der Waals surface area contributed by atoms with Gasteiger partial charge < -0.3 is 0 Å². The molecule has 0 unspecified atom stereocenters. The van der Waals surface area contributed by atoms with Gasteiger partial charge >= 0.3 is 0 Å². The molecule has 0 N–H and O–H groups in total. The van der Waals surface area contributed by atoms with Gasteiger partial charge in [-0.25, -0.2) is 4.98 Å². The maximum atomic E-state index is 5.12. The Morgan fingerprint density at radius 3 is 1.81 bits per heavy atom. The Kier molecular flexibility index (Phi) is 5.82. The van der Waals surface area contributed by atoms with Gasteiger partial charge in [0.05, 0.1) is 11.0 Å². The SMILES string of the molecule is Cc1cc2ccc3c(-c4ccc(-c5nc6ccccc6n5-c5ccccc5)cc4)cc(-c4ccc5ccccc5c4)c4ccc(c1)c2c34. The van der Waals surface area contributed by atoms with E-state index in [9.17, 15) is 0 Å². The van der Waals surface area contributed by atoms with E-state index in [2.05, 4.69) is 175 Å². The lowest BCUT2D eigenvalue weighted by Gasteiger charge is -2.19. The molecule has 9 aromatic carbocycles. The van der Waals surface area contributed by atoms with Gasteiger partial charge in [0.2, 0.25) is 0 Å². The number of hydrogen-bond acceptors (Lipinski definition) is 1. The lowest BCUT2D eigenvalue weighted by atomic mass is 9.85. The summed E-state index contributed by atoms with van der Waals surface area (Å²) >= 11 is 0. The first-order valence-corrected chi connectivity index (χ1v) is 16.5. The first-order valence-electron chi connectivity index (χ1n) is 16.5. The molecule has 0 radical (unpaired) electrons. The number of rotatable bonds is 4. The summed E-state index contributed by atoms with van der Waals surface area (Å²) in [4.78, 5) is 5.12. The second kappa shape index (κ2) is 10.4. The smallest absolute Gasteiger partial charge is 0.145 e. The van der Waals surface area contributed by atoms with Crippen LogP contribution in [0.15, 0.2) is 164 Å². The molecule has 0 fully saturated rings. The molecule has 0 atom stereocenters. The number of para-hydroxylation sites is 3. The van der Waals surface area contributed by atoms with Gasteiger partial charge in [0.1, 0.15) is 5.82 Å². The average molecular weight is 611 g/mol. The van der Waals surface area contributed by atoms with Gasteiger partial charge in [-0.2, -0.15) is 0 Å². The summed E-state index contributed by atoms with van der Waals surface area (Å²) in [5, 5.41) is 10.3. The molecule has 224 valence electrons. The van der Waals surface area contributed by atoms with Crippen LogP contribution in [0.4, 0.5) is 0 Å². The van der Waals surface area contributed by atoms with Crippen molar-refractivity contribution < 1.29 is 0 Å². The molecule has 48 heavy (non-hydrogen) atoms. The molecular formula is C46H30N2. The summed E-state index contributed by atoms with van der Waals surface area (Å²) in [6.45, 7) is 2.19. The maximum Gasteiger partial charge on any atom is 0.145 e. The lowest BCUT2D eigenvalue weighted by molar-refractivity contribution is 1.10. The number of benzene rings is 9. The van der Waals surface area contributed by atoms with Crippen LogP contribution in [0.1, 0.15) is 5.56 Å². The Morgan fingerprint density at radius 2 is 1.04 bits per heavy atom. The highest BCUT2D eigenvalue weighted by molar-refractivity contribution is 6.28. The topological polar surface area (TPSA) is 17.8 Å². The van der Waals surface area contributed by atoms with E-state index in [0.717, 1.165) is 28.1 Å². The average Bonchev–Trinajstić information content (AvgIpc) is 3.53. The van der Waals surface area contributed by atoms with Crippen molar-refractivity contribution in [3.8, 4) is 39.3 Å². The molecule has 0 amide bonds. The molecule has 1 heterocycles. The Bertz CT molecular complexity index is 2800. The number of imidazole rings is 1. The van der Waals surface area contributed by atoms with Crippen LogP contribution in [0, 0.1) is 6.92 Å². The quantitative estimate of drug-likeness (QED) is 0.181. The molecule has 0 saturated carbocycles. The molecule has 0 saturated heterocycles. The largest absolute Gasteiger partial charge is 0.292 e. The molecule has 0 aliphatic rings. The normalized spacial score (nSPS) is 11.9. The number of nitrogens with zero attached hydrogens (tertiary/aromatic N) is 2. The van der Waals surface area contributed by atoms with Gasteiger partial charge in [0, 0.05) is 11.3 Å². The van der Waals surface area contributed by atoms with Crippen molar-refractivity contribution in [1.29, 1.82) is 0 Å². The van der Waals surface area contributed by atoms with Gasteiger partial charge in [-0.3, -0.25) is 4.57 Å². The standard InChI is InChI=1S/C46H30N2/c1-29-25-35-21-23-38-40(28-41(39-24-22-36(26-29)44(35)45(38)39)34-20-15-30-9-5-6-10-33(30)27-34)31-16-18-32(19-17-31)46-47-42-13-7-8-14-43(42)48(46)37-11-3-2-4-12-37/h2-28H,1H3. The molecule has 2 nitrogen and oxygen atoms in total. The van der Waals surface area contributed by atoms with Crippen LogP contribution in [0.25, 0.3) is 93.5 Å². The van der Waals surface area contributed by atoms with Crippen molar-refractivity contribution in [2.24, 2.45) is 0 Å².